The second-order valence-corrected chi connectivity index (χ2v) is 4.35. The third-order valence-electron chi connectivity index (χ3n) is 2.76. The Bertz CT molecular complexity index is 383. The molecular formula is C12H19N3O4. The molecule has 7 heteroatoms. The van der Waals surface area contributed by atoms with Gasteiger partial charge in [-0.2, -0.15) is 5.06 Å². The van der Waals surface area contributed by atoms with Crippen LogP contribution >= 0.6 is 0 Å². The zero-order chi connectivity index (χ0) is 14.4. The van der Waals surface area contributed by atoms with Gasteiger partial charge in [-0.3, -0.25) is 15.0 Å². The maximum atomic E-state index is 11.4. The molecule has 0 spiro atoms. The summed E-state index contributed by atoms with van der Waals surface area (Å²) in [5.41, 5.74) is 0.222. The number of rotatable bonds is 5. The van der Waals surface area contributed by atoms with Crippen molar-refractivity contribution in [1.82, 2.24) is 15.3 Å². The Balaban J connectivity index is 2.50. The Morgan fingerprint density at radius 2 is 2.21 bits per heavy atom. The summed E-state index contributed by atoms with van der Waals surface area (Å²) in [6.07, 6.45) is 0.469. The van der Waals surface area contributed by atoms with Gasteiger partial charge < -0.3 is 9.63 Å². The number of carbonyl (C=O) groups is 3. The second kappa shape index (κ2) is 7.01. The van der Waals surface area contributed by atoms with Crippen LogP contribution in [0.2, 0.25) is 0 Å². The van der Waals surface area contributed by atoms with E-state index in [-0.39, 0.29) is 24.2 Å². The van der Waals surface area contributed by atoms with Crippen molar-refractivity contribution in [3.05, 3.63) is 12.2 Å². The molecule has 1 aliphatic heterocycles. The predicted molar refractivity (Wildman–Crippen MR) is 67.7 cm³/mol. The Morgan fingerprint density at radius 3 is 2.74 bits per heavy atom. The van der Waals surface area contributed by atoms with Crippen molar-refractivity contribution in [2.45, 2.75) is 20.0 Å². The molecule has 0 aromatic heterocycles. The molecule has 1 aliphatic rings. The minimum atomic E-state index is -0.637. The van der Waals surface area contributed by atoms with Gasteiger partial charge in [0.1, 0.15) is 6.17 Å². The van der Waals surface area contributed by atoms with Crippen LogP contribution in [-0.2, 0) is 19.2 Å². The molecule has 0 radical (unpaired) electrons. The number of hydrogen-bond acceptors (Lipinski definition) is 6. The van der Waals surface area contributed by atoms with Gasteiger partial charge in [0.25, 0.3) is 5.91 Å². The molecule has 0 saturated carbocycles. The fourth-order valence-electron chi connectivity index (χ4n) is 1.67. The molecule has 0 aromatic carbocycles. The Kier molecular flexibility index (Phi) is 5.65. The number of amides is 1. The molecule has 106 valence electrons. The van der Waals surface area contributed by atoms with E-state index in [0.717, 1.165) is 17.9 Å². The summed E-state index contributed by atoms with van der Waals surface area (Å²) in [7, 11) is 0. The highest BCUT2D eigenvalue weighted by Crippen LogP contribution is 2.03. The van der Waals surface area contributed by atoms with Gasteiger partial charge in [-0.15, -0.1) is 0 Å². The fourth-order valence-corrected chi connectivity index (χ4v) is 1.67. The zero-order valence-electron chi connectivity index (χ0n) is 11.2. The first kappa shape index (κ1) is 15.3. The van der Waals surface area contributed by atoms with E-state index < -0.39 is 5.97 Å². The fraction of sp³-hybridized carbons (Fsp3) is 0.583. The first-order valence-electron chi connectivity index (χ1n) is 6.04. The van der Waals surface area contributed by atoms with E-state index in [1.807, 2.05) is 4.90 Å². The van der Waals surface area contributed by atoms with E-state index in [9.17, 15) is 14.4 Å². The molecule has 1 saturated heterocycles. The normalized spacial score (nSPS) is 18.9. The number of aldehydes is 1. The molecular weight excluding hydrogens is 250 g/mol. The van der Waals surface area contributed by atoms with Crippen molar-refractivity contribution in [2.24, 2.45) is 0 Å². The third-order valence-corrected chi connectivity index (χ3v) is 2.76. The van der Waals surface area contributed by atoms with E-state index in [0.29, 0.717) is 13.1 Å². The van der Waals surface area contributed by atoms with Crippen LogP contribution in [-0.4, -0.2) is 60.5 Å². The SMILES string of the molecule is C=C(C)C(=O)ON(CCN1CCNC1C=O)C(C)=O. The van der Waals surface area contributed by atoms with Crippen molar-refractivity contribution in [3.63, 3.8) is 0 Å². The average Bonchev–Trinajstić information content (AvgIpc) is 2.80. The molecule has 1 rings (SSSR count). The molecule has 0 aromatic rings. The number of nitrogens with zero attached hydrogens (tertiary/aromatic N) is 2. The summed E-state index contributed by atoms with van der Waals surface area (Å²) < 4.78 is 0. The zero-order valence-corrected chi connectivity index (χ0v) is 11.2. The van der Waals surface area contributed by atoms with Gasteiger partial charge in [-0.1, -0.05) is 6.58 Å². The minimum Gasteiger partial charge on any atom is -0.333 e. The van der Waals surface area contributed by atoms with Crippen molar-refractivity contribution in [2.75, 3.05) is 26.2 Å². The first-order valence-corrected chi connectivity index (χ1v) is 6.04. The lowest BCUT2D eigenvalue weighted by Crippen LogP contribution is -2.43. The summed E-state index contributed by atoms with van der Waals surface area (Å²) >= 11 is 0. The van der Waals surface area contributed by atoms with Crippen LogP contribution in [0, 0.1) is 0 Å². The highest BCUT2D eigenvalue weighted by molar-refractivity contribution is 5.88. The summed E-state index contributed by atoms with van der Waals surface area (Å²) in [5, 5.41) is 3.98. The number of hydrogen-bond donors (Lipinski definition) is 1. The molecule has 0 aliphatic carbocycles. The van der Waals surface area contributed by atoms with E-state index in [1.54, 1.807) is 0 Å². The topological polar surface area (TPSA) is 79.0 Å². The summed E-state index contributed by atoms with van der Waals surface area (Å²) in [6, 6.07) is 0. The Labute approximate surface area is 112 Å². The molecule has 1 heterocycles. The lowest BCUT2D eigenvalue weighted by molar-refractivity contribution is -0.194. The Hall–Kier alpha value is -1.73. The molecule has 1 atom stereocenters. The standard InChI is InChI=1S/C12H19N3O4/c1-9(2)12(18)19-15(10(3)17)7-6-14-5-4-13-11(14)8-16/h8,11,13H,1,4-7H2,2-3H3. The van der Waals surface area contributed by atoms with Crippen LogP contribution in [0.25, 0.3) is 0 Å². The van der Waals surface area contributed by atoms with Crippen molar-refractivity contribution < 1.29 is 19.2 Å². The van der Waals surface area contributed by atoms with Gasteiger partial charge in [0.2, 0.25) is 0 Å². The smallest absolute Gasteiger partial charge is 0.333 e. The molecule has 1 unspecified atom stereocenters. The van der Waals surface area contributed by atoms with Gasteiger partial charge in [-0.05, 0) is 6.92 Å². The molecule has 1 amide bonds. The quantitative estimate of drug-likeness (QED) is 0.404. The Morgan fingerprint density at radius 1 is 1.53 bits per heavy atom. The average molecular weight is 269 g/mol. The maximum absolute atomic E-state index is 11.4. The summed E-state index contributed by atoms with van der Waals surface area (Å²) in [4.78, 5) is 40.3. The van der Waals surface area contributed by atoms with Crippen LogP contribution in [0.1, 0.15) is 13.8 Å². The van der Waals surface area contributed by atoms with Gasteiger partial charge in [0, 0.05) is 32.1 Å². The van der Waals surface area contributed by atoms with Gasteiger partial charge in [0.15, 0.2) is 6.29 Å². The lowest BCUT2D eigenvalue weighted by atomic mass is 10.4. The van der Waals surface area contributed by atoms with E-state index in [4.69, 9.17) is 4.84 Å². The third kappa shape index (κ3) is 4.46. The van der Waals surface area contributed by atoms with E-state index in [2.05, 4.69) is 11.9 Å². The minimum absolute atomic E-state index is 0.209. The van der Waals surface area contributed by atoms with Crippen molar-refractivity contribution in [1.29, 1.82) is 0 Å². The van der Waals surface area contributed by atoms with Gasteiger partial charge >= 0.3 is 5.97 Å². The van der Waals surface area contributed by atoms with Crippen LogP contribution in [0.15, 0.2) is 12.2 Å². The highest BCUT2D eigenvalue weighted by Gasteiger charge is 2.24. The van der Waals surface area contributed by atoms with Crippen LogP contribution < -0.4 is 5.32 Å². The van der Waals surface area contributed by atoms with Crippen LogP contribution in [0.3, 0.4) is 0 Å². The van der Waals surface area contributed by atoms with Gasteiger partial charge in [-0.25, -0.2) is 4.79 Å². The second-order valence-electron chi connectivity index (χ2n) is 4.35. The summed E-state index contributed by atoms with van der Waals surface area (Å²) in [6.45, 7) is 8.35. The molecule has 1 N–H and O–H groups in total. The monoisotopic (exact) mass is 269 g/mol. The number of nitrogens with one attached hydrogen (secondary N) is 1. The molecule has 1 fully saturated rings. The molecule has 19 heavy (non-hydrogen) atoms. The number of hydroxylamine groups is 2. The largest absolute Gasteiger partial charge is 0.358 e. The summed E-state index contributed by atoms with van der Waals surface area (Å²) in [5.74, 6) is -1.01. The highest BCUT2D eigenvalue weighted by atomic mass is 16.7. The van der Waals surface area contributed by atoms with E-state index in [1.165, 1.54) is 13.8 Å². The predicted octanol–water partition coefficient (Wildman–Crippen LogP) is -0.701. The first-order chi connectivity index (χ1) is 8.95. The van der Waals surface area contributed by atoms with Crippen LogP contribution in [0.4, 0.5) is 0 Å². The van der Waals surface area contributed by atoms with Gasteiger partial charge in [0.05, 0.1) is 6.54 Å². The maximum Gasteiger partial charge on any atom is 0.358 e. The molecule has 0 bridgehead atoms. The molecule has 7 nitrogen and oxygen atoms in total. The van der Waals surface area contributed by atoms with Crippen LogP contribution in [0.5, 0.6) is 0 Å². The lowest BCUT2D eigenvalue weighted by Gasteiger charge is -2.24. The number of carbonyl (C=O) groups excluding carboxylic acids is 3. The van der Waals surface area contributed by atoms with E-state index >= 15 is 0 Å². The van der Waals surface area contributed by atoms with Crippen molar-refractivity contribution in [3.8, 4) is 0 Å². The van der Waals surface area contributed by atoms with Crippen molar-refractivity contribution >= 4 is 18.2 Å².